The molecule has 4 aromatic carbocycles. The first-order valence-corrected chi connectivity index (χ1v) is 13.8. The van der Waals surface area contributed by atoms with Crippen LogP contribution in [0.15, 0.2) is 101 Å². The number of hydrazone groups is 1. The molecule has 0 aliphatic carbocycles. The van der Waals surface area contributed by atoms with Gasteiger partial charge in [0.05, 0.1) is 18.1 Å². The molecule has 0 saturated carbocycles. The smallest absolute Gasteiger partial charge is 0.250 e. The predicted molar refractivity (Wildman–Crippen MR) is 158 cm³/mol. The predicted octanol–water partition coefficient (Wildman–Crippen LogP) is 6.77. The van der Waals surface area contributed by atoms with Gasteiger partial charge in [0.15, 0.2) is 11.0 Å². The van der Waals surface area contributed by atoms with Crippen LogP contribution in [0.3, 0.4) is 0 Å². The molecule has 0 saturated heterocycles. The third kappa shape index (κ3) is 6.13. The fraction of sp³-hybridized carbons (Fsp3) is 0.133. The van der Waals surface area contributed by atoms with Crippen molar-refractivity contribution in [2.24, 2.45) is 5.10 Å². The molecule has 1 heterocycles. The van der Waals surface area contributed by atoms with E-state index < -0.39 is 0 Å². The topological polar surface area (TPSA) is 81.4 Å². The number of amides is 1. The molecule has 5 rings (SSSR count). The van der Waals surface area contributed by atoms with Gasteiger partial charge in [-0.1, -0.05) is 65.8 Å². The molecule has 1 amide bonds. The molecule has 196 valence electrons. The summed E-state index contributed by atoms with van der Waals surface area (Å²) in [5.41, 5.74) is 6.09. The quantitative estimate of drug-likeness (QED) is 0.123. The van der Waals surface area contributed by atoms with E-state index in [0.717, 1.165) is 39.0 Å². The Hall–Kier alpha value is -4.14. The number of hydrogen-bond donors (Lipinski definition) is 1. The highest BCUT2D eigenvalue weighted by molar-refractivity contribution is 7.99. The molecule has 0 bridgehead atoms. The van der Waals surface area contributed by atoms with Gasteiger partial charge in [-0.15, -0.1) is 10.2 Å². The van der Waals surface area contributed by atoms with Crippen LogP contribution in [0.2, 0.25) is 5.02 Å². The van der Waals surface area contributed by atoms with Gasteiger partial charge in [0.1, 0.15) is 5.75 Å². The summed E-state index contributed by atoms with van der Waals surface area (Å²) >= 11 is 7.38. The summed E-state index contributed by atoms with van der Waals surface area (Å²) in [7, 11) is 0. The van der Waals surface area contributed by atoms with Gasteiger partial charge in [-0.05, 0) is 73.2 Å². The number of nitrogens with one attached hydrogen (secondary N) is 1. The Morgan fingerprint density at radius 2 is 1.72 bits per heavy atom. The fourth-order valence-corrected chi connectivity index (χ4v) is 5.02. The van der Waals surface area contributed by atoms with Gasteiger partial charge in [0, 0.05) is 21.8 Å². The SMILES string of the molecule is CCOc1ccc(-n2c(SCC(=O)NN=C(C)c3cccc4ccccc34)nnc2-c2ccc(Cl)cc2)cc1. The van der Waals surface area contributed by atoms with E-state index in [1.165, 1.54) is 11.8 Å². The van der Waals surface area contributed by atoms with E-state index in [2.05, 4.69) is 32.9 Å². The number of fused-ring (bicyclic) bond motifs is 1. The summed E-state index contributed by atoms with van der Waals surface area (Å²) in [6.45, 7) is 4.41. The highest BCUT2D eigenvalue weighted by atomic mass is 35.5. The summed E-state index contributed by atoms with van der Waals surface area (Å²) in [5, 5.41) is 16.6. The van der Waals surface area contributed by atoms with Crippen molar-refractivity contribution in [2.75, 3.05) is 12.4 Å². The number of carbonyl (C=O) groups excluding carboxylic acids is 1. The van der Waals surface area contributed by atoms with Crippen LogP contribution in [0.4, 0.5) is 0 Å². The molecule has 0 radical (unpaired) electrons. The number of nitrogens with zero attached hydrogens (tertiary/aromatic N) is 4. The van der Waals surface area contributed by atoms with Gasteiger partial charge in [0.25, 0.3) is 5.91 Å². The van der Waals surface area contributed by atoms with Crippen LogP contribution in [0.25, 0.3) is 27.8 Å². The zero-order valence-corrected chi connectivity index (χ0v) is 23.0. The van der Waals surface area contributed by atoms with E-state index in [1.54, 1.807) is 0 Å². The first-order valence-electron chi connectivity index (χ1n) is 12.4. The van der Waals surface area contributed by atoms with Crippen LogP contribution in [-0.2, 0) is 4.79 Å². The molecule has 5 aromatic rings. The van der Waals surface area contributed by atoms with Crippen LogP contribution in [0.1, 0.15) is 19.4 Å². The number of thioether (sulfide) groups is 1. The minimum absolute atomic E-state index is 0.113. The van der Waals surface area contributed by atoms with Gasteiger partial charge in [-0.3, -0.25) is 9.36 Å². The monoisotopic (exact) mass is 555 g/mol. The van der Waals surface area contributed by atoms with Crippen LogP contribution < -0.4 is 10.2 Å². The van der Waals surface area contributed by atoms with Crippen molar-refractivity contribution in [1.29, 1.82) is 0 Å². The number of aromatic nitrogens is 3. The zero-order valence-electron chi connectivity index (χ0n) is 21.5. The molecule has 9 heteroatoms. The molecule has 1 aromatic heterocycles. The standard InChI is InChI=1S/C30H26ClN5O2S/c1-3-38-25-17-15-24(16-18-25)36-29(22-11-13-23(31)14-12-22)34-35-30(36)39-19-28(37)33-32-20(2)26-10-6-8-21-7-4-5-9-27(21)26/h4-18H,3,19H2,1-2H3,(H,33,37). The molecule has 0 unspecified atom stereocenters. The maximum Gasteiger partial charge on any atom is 0.250 e. The lowest BCUT2D eigenvalue weighted by Crippen LogP contribution is -2.21. The lowest BCUT2D eigenvalue weighted by Gasteiger charge is -2.11. The van der Waals surface area contributed by atoms with E-state index in [0.29, 0.717) is 22.6 Å². The lowest BCUT2D eigenvalue weighted by molar-refractivity contribution is -0.118. The average Bonchev–Trinajstić information content (AvgIpc) is 3.39. The number of benzene rings is 4. The van der Waals surface area contributed by atoms with E-state index >= 15 is 0 Å². The Bertz CT molecular complexity index is 1630. The Morgan fingerprint density at radius 3 is 2.49 bits per heavy atom. The maximum atomic E-state index is 12.8. The third-order valence-corrected chi connectivity index (χ3v) is 7.18. The summed E-state index contributed by atoms with van der Waals surface area (Å²) in [6.07, 6.45) is 0. The molecule has 0 atom stereocenters. The number of ether oxygens (including phenoxy) is 1. The minimum Gasteiger partial charge on any atom is -0.494 e. The number of hydrogen-bond acceptors (Lipinski definition) is 6. The molecule has 0 aliphatic heterocycles. The Morgan fingerprint density at radius 1 is 0.974 bits per heavy atom. The summed E-state index contributed by atoms with van der Waals surface area (Å²) in [6, 6.07) is 29.2. The largest absolute Gasteiger partial charge is 0.494 e. The molecule has 0 aliphatic rings. The van der Waals surface area contributed by atoms with Crippen molar-refractivity contribution >= 4 is 45.8 Å². The van der Waals surface area contributed by atoms with Crippen LogP contribution in [0, 0.1) is 0 Å². The second-order valence-electron chi connectivity index (χ2n) is 8.62. The van der Waals surface area contributed by atoms with Gasteiger partial charge < -0.3 is 4.74 Å². The van der Waals surface area contributed by atoms with Crippen molar-refractivity contribution in [3.8, 4) is 22.8 Å². The van der Waals surface area contributed by atoms with Gasteiger partial charge in [-0.2, -0.15) is 5.10 Å². The second kappa shape index (κ2) is 12.1. The van der Waals surface area contributed by atoms with Crippen molar-refractivity contribution in [3.63, 3.8) is 0 Å². The van der Waals surface area contributed by atoms with Crippen molar-refractivity contribution in [2.45, 2.75) is 19.0 Å². The van der Waals surface area contributed by atoms with Crippen LogP contribution in [0.5, 0.6) is 5.75 Å². The average molecular weight is 556 g/mol. The Labute approximate surface area is 235 Å². The second-order valence-corrected chi connectivity index (χ2v) is 10.0. The Balaban J connectivity index is 1.35. The molecule has 39 heavy (non-hydrogen) atoms. The van der Waals surface area contributed by atoms with Crippen molar-refractivity contribution in [1.82, 2.24) is 20.2 Å². The molecule has 0 spiro atoms. The number of carbonyl (C=O) groups is 1. The first-order chi connectivity index (χ1) is 19.0. The zero-order chi connectivity index (χ0) is 27.2. The van der Waals surface area contributed by atoms with Crippen LogP contribution >= 0.6 is 23.4 Å². The fourth-order valence-electron chi connectivity index (χ4n) is 4.15. The van der Waals surface area contributed by atoms with Gasteiger partial charge in [-0.25, -0.2) is 5.43 Å². The molecular weight excluding hydrogens is 530 g/mol. The van der Waals surface area contributed by atoms with E-state index in [9.17, 15) is 4.79 Å². The molecule has 7 nitrogen and oxygen atoms in total. The Kier molecular flexibility index (Phi) is 8.24. The normalized spacial score (nSPS) is 11.5. The summed E-state index contributed by atoms with van der Waals surface area (Å²) < 4.78 is 7.51. The first kappa shape index (κ1) is 26.5. The van der Waals surface area contributed by atoms with Crippen molar-refractivity contribution in [3.05, 3.63) is 102 Å². The highest BCUT2D eigenvalue weighted by Crippen LogP contribution is 2.29. The summed E-state index contributed by atoms with van der Waals surface area (Å²) in [4.78, 5) is 12.8. The maximum absolute atomic E-state index is 12.8. The molecule has 1 N–H and O–H groups in total. The molecular formula is C30H26ClN5O2S. The number of rotatable bonds is 9. The minimum atomic E-state index is -0.242. The molecule has 0 fully saturated rings. The highest BCUT2D eigenvalue weighted by Gasteiger charge is 2.18. The summed E-state index contributed by atoms with van der Waals surface area (Å²) in [5.74, 6) is 1.29. The van der Waals surface area contributed by atoms with E-state index in [1.807, 2.05) is 97.3 Å². The van der Waals surface area contributed by atoms with Gasteiger partial charge in [0.2, 0.25) is 0 Å². The van der Waals surface area contributed by atoms with Gasteiger partial charge >= 0.3 is 0 Å². The van der Waals surface area contributed by atoms with E-state index in [-0.39, 0.29) is 11.7 Å². The third-order valence-electron chi connectivity index (χ3n) is 6.00. The van der Waals surface area contributed by atoms with Crippen LogP contribution in [-0.4, -0.2) is 38.7 Å². The van der Waals surface area contributed by atoms with E-state index in [4.69, 9.17) is 16.3 Å². The van der Waals surface area contributed by atoms with Crippen molar-refractivity contribution < 1.29 is 9.53 Å². The number of halogens is 1. The lowest BCUT2D eigenvalue weighted by atomic mass is 10.0.